The van der Waals surface area contributed by atoms with E-state index in [1.807, 2.05) is 0 Å². The minimum atomic E-state index is -5.19. The van der Waals surface area contributed by atoms with E-state index in [9.17, 15) is 13.2 Å². The second-order valence-corrected chi connectivity index (χ2v) is 3.21. The number of hydrogen-bond donors (Lipinski definition) is 1. The number of hydrogen-bond acceptors (Lipinski definition) is 3. The van der Waals surface area contributed by atoms with E-state index in [1.165, 1.54) is 0 Å². The zero-order valence-corrected chi connectivity index (χ0v) is 9.03. The minimum absolute atomic E-state index is 0.430. The molecule has 8 heteroatoms. The quantitative estimate of drug-likeness (QED) is 0.735. The Labute approximate surface area is 98.6 Å². The van der Waals surface area contributed by atoms with Crippen LogP contribution in [0.4, 0.5) is 18.9 Å². The van der Waals surface area contributed by atoms with E-state index in [0.717, 1.165) is 0 Å². The van der Waals surface area contributed by atoms with E-state index < -0.39 is 12.1 Å². The minimum Gasteiger partial charge on any atom is -0.542 e. The van der Waals surface area contributed by atoms with Gasteiger partial charge in [0.15, 0.2) is 0 Å². The standard InChI is InChI=1S/C6H5Cl2N.C2HF3O2/c7-4-2-1-3-5(9)6(4)8;3-2(4,5)1(6)7/h1-3H,9H2;(H,6,7)/p-1. The number of carbonyl (C=O) groups excluding carboxylic acids is 1. The summed E-state index contributed by atoms with van der Waals surface area (Å²) in [5.74, 6) is -3.01. The molecule has 1 rings (SSSR count). The molecule has 0 aromatic heterocycles. The van der Waals surface area contributed by atoms with Gasteiger partial charge in [0.25, 0.3) is 0 Å². The van der Waals surface area contributed by atoms with E-state index in [0.29, 0.717) is 15.7 Å². The highest BCUT2D eigenvalue weighted by Gasteiger charge is 2.28. The number of carboxylic acids is 1. The van der Waals surface area contributed by atoms with Crippen molar-refractivity contribution >= 4 is 34.9 Å². The van der Waals surface area contributed by atoms with Crippen LogP contribution in [0.15, 0.2) is 18.2 Å². The van der Waals surface area contributed by atoms with Gasteiger partial charge in [0.2, 0.25) is 0 Å². The zero-order chi connectivity index (χ0) is 12.9. The molecule has 0 aliphatic heterocycles. The lowest BCUT2D eigenvalue weighted by molar-refractivity contribution is -0.344. The summed E-state index contributed by atoms with van der Waals surface area (Å²) < 4.78 is 31.5. The fraction of sp³-hybridized carbons (Fsp3) is 0.125. The lowest BCUT2D eigenvalue weighted by Gasteiger charge is -2.03. The van der Waals surface area contributed by atoms with E-state index in [-0.39, 0.29) is 0 Å². The maximum Gasteiger partial charge on any atom is 0.430 e. The molecule has 0 bridgehead atoms. The second kappa shape index (κ2) is 5.81. The highest BCUT2D eigenvalue weighted by molar-refractivity contribution is 6.43. The van der Waals surface area contributed by atoms with Crippen molar-refractivity contribution in [3.05, 3.63) is 28.2 Å². The van der Waals surface area contributed by atoms with E-state index in [2.05, 4.69) is 0 Å². The summed E-state index contributed by atoms with van der Waals surface area (Å²) in [5.41, 5.74) is 5.92. The SMILES string of the molecule is Nc1cccc(Cl)c1Cl.O=C([O-])C(F)(F)F. The van der Waals surface area contributed by atoms with Crippen LogP contribution in [0.5, 0.6) is 0 Å². The van der Waals surface area contributed by atoms with Gasteiger partial charge in [-0.3, -0.25) is 0 Å². The summed E-state index contributed by atoms with van der Waals surface area (Å²) in [5, 5.41) is 9.71. The smallest absolute Gasteiger partial charge is 0.430 e. The molecule has 0 aliphatic rings. The van der Waals surface area contributed by atoms with Gasteiger partial charge in [-0.1, -0.05) is 29.3 Å². The third-order valence-electron chi connectivity index (χ3n) is 1.21. The van der Waals surface area contributed by atoms with Crippen LogP contribution >= 0.6 is 23.2 Å². The average molecular weight is 275 g/mol. The van der Waals surface area contributed by atoms with Crippen molar-refractivity contribution < 1.29 is 23.1 Å². The molecule has 16 heavy (non-hydrogen) atoms. The first-order valence-corrected chi connectivity index (χ1v) is 4.39. The van der Waals surface area contributed by atoms with Gasteiger partial charge in [0, 0.05) is 0 Å². The predicted octanol–water partition coefficient (Wildman–Crippen LogP) is 1.87. The summed E-state index contributed by atoms with van der Waals surface area (Å²) in [4.78, 5) is 8.78. The topological polar surface area (TPSA) is 66.2 Å². The molecular weight excluding hydrogens is 270 g/mol. The van der Waals surface area contributed by atoms with E-state index in [4.69, 9.17) is 38.8 Å². The molecule has 0 amide bonds. The molecule has 3 nitrogen and oxygen atoms in total. The Hall–Kier alpha value is -1.14. The molecule has 0 saturated carbocycles. The predicted molar refractivity (Wildman–Crippen MR) is 51.9 cm³/mol. The molecule has 1 aromatic rings. The molecule has 1 aromatic carbocycles. The Kier molecular flexibility index (Phi) is 5.40. The fourth-order valence-electron chi connectivity index (χ4n) is 0.520. The number of carboxylic acid groups (broad SMARTS) is 1. The van der Waals surface area contributed by atoms with Gasteiger partial charge in [-0.05, 0) is 12.1 Å². The van der Waals surface area contributed by atoms with Crippen LogP contribution in [0.25, 0.3) is 0 Å². The first-order valence-electron chi connectivity index (χ1n) is 3.64. The molecule has 90 valence electrons. The van der Waals surface area contributed by atoms with Gasteiger partial charge < -0.3 is 15.6 Å². The Morgan fingerprint density at radius 1 is 1.31 bits per heavy atom. The molecule has 0 atom stereocenters. The fourth-order valence-corrected chi connectivity index (χ4v) is 0.828. The normalized spacial score (nSPS) is 10.3. The second-order valence-electron chi connectivity index (χ2n) is 2.43. The summed E-state index contributed by atoms with van der Waals surface area (Å²) >= 11 is 11.2. The van der Waals surface area contributed by atoms with Gasteiger partial charge >= 0.3 is 6.18 Å². The molecule has 0 fully saturated rings. The first kappa shape index (κ1) is 14.9. The molecule has 0 unspecified atom stereocenters. The maximum absolute atomic E-state index is 10.5. The maximum atomic E-state index is 10.5. The number of halogens is 5. The highest BCUT2D eigenvalue weighted by atomic mass is 35.5. The summed E-state index contributed by atoms with van der Waals surface area (Å²) in [6.45, 7) is 0. The molecule has 0 aliphatic carbocycles. The largest absolute Gasteiger partial charge is 0.542 e. The Balaban J connectivity index is 0.000000293. The molecule has 2 N–H and O–H groups in total. The van der Waals surface area contributed by atoms with Crippen molar-refractivity contribution in [2.24, 2.45) is 0 Å². The third-order valence-corrected chi connectivity index (χ3v) is 2.05. The molecular formula is C8H5Cl2F3NO2-. The zero-order valence-electron chi connectivity index (χ0n) is 7.52. The summed E-state index contributed by atoms with van der Waals surface area (Å²) in [6.07, 6.45) is -5.19. The van der Waals surface area contributed by atoms with Crippen LogP contribution in [0.2, 0.25) is 10.0 Å². The third kappa shape index (κ3) is 5.09. The van der Waals surface area contributed by atoms with Gasteiger partial charge in [-0.25, -0.2) is 0 Å². The van der Waals surface area contributed by atoms with Crippen molar-refractivity contribution in [2.45, 2.75) is 6.18 Å². The van der Waals surface area contributed by atoms with Gasteiger partial charge in [0.1, 0.15) is 5.97 Å². The van der Waals surface area contributed by atoms with Crippen molar-refractivity contribution in [3.8, 4) is 0 Å². The molecule has 0 spiro atoms. The lowest BCUT2D eigenvalue weighted by atomic mass is 10.3. The Bertz CT molecular complexity index is 362. The first-order chi connectivity index (χ1) is 7.16. The highest BCUT2D eigenvalue weighted by Crippen LogP contribution is 2.26. The number of nitrogens with two attached hydrogens (primary N) is 1. The van der Waals surface area contributed by atoms with Crippen molar-refractivity contribution in [1.29, 1.82) is 0 Å². The van der Waals surface area contributed by atoms with Crippen molar-refractivity contribution in [3.63, 3.8) is 0 Å². The number of anilines is 1. The Morgan fingerprint density at radius 2 is 1.75 bits per heavy atom. The van der Waals surface area contributed by atoms with Crippen LogP contribution in [-0.2, 0) is 4.79 Å². The van der Waals surface area contributed by atoms with E-state index >= 15 is 0 Å². The van der Waals surface area contributed by atoms with Gasteiger partial charge in [-0.2, -0.15) is 13.2 Å². The average Bonchev–Trinajstić information content (AvgIpc) is 2.13. The monoisotopic (exact) mass is 274 g/mol. The number of alkyl halides is 3. The van der Waals surface area contributed by atoms with Crippen LogP contribution < -0.4 is 10.8 Å². The number of benzene rings is 1. The van der Waals surface area contributed by atoms with Crippen molar-refractivity contribution in [1.82, 2.24) is 0 Å². The lowest BCUT2D eigenvalue weighted by Crippen LogP contribution is -2.37. The van der Waals surface area contributed by atoms with Crippen LogP contribution in [0.3, 0.4) is 0 Å². The number of nitrogen functional groups attached to an aromatic ring is 1. The van der Waals surface area contributed by atoms with Crippen LogP contribution in [0.1, 0.15) is 0 Å². The van der Waals surface area contributed by atoms with Gasteiger partial charge in [-0.15, -0.1) is 0 Å². The number of rotatable bonds is 0. The van der Waals surface area contributed by atoms with Crippen LogP contribution in [0, 0.1) is 0 Å². The molecule has 0 saturated heterocycles. The van der Waals surface area contributed by atoms with Gasteiger partial charge in [0.05, 0.1) is 15.7 Å². The Morgan fingerprint density at radius 3 is 2.00 bits per heavy atom. The van der Waals surface area contributed by atoms with E-state index in [1.54, 1.807) is 18.2 Å². The number of carbonyl (C=O) groups is 1. The molecule has 0 heterocycles. The summed E-state index contributed by atoms with van der Waals surface area (Å²) in [6, 6.07) is 5.15. The number of aliphatic carboxylic acids is 1. The van der Waals surface area contributed by atoms with Crippen molar-refractivity contribution in [2.75, 3.05) is 5.73 Å². The summed E-state index contributed by atoms with van der Waals surface area (Å²) in [7, 11) is 0. The van der Waals surface area contributed by atoms with Crippen LogP contribution in [-0.4, -0.2) is 12.1 Å². The molecule has 0 radical (unpaired) electrons.